The van der Waals surface area contributed by atoms with E-state index in [1.165, 1.54) is 22.5 Å². The van der Waals surface area contributed by atoms with E-state index < -0.39 is 27.7 Å². The highest BCUT2D eigenvalue weighted by Crippen LogP contribution is 2.34. The Morgan fingerprint density at radius 3 is 2.32 bits per heavy atom. The predicted molar refractivity (Wildman–Crippen MR) is 111 cm³/mol. The van der Waals surface area contributed by atoms with Gasteiger partial charge in [0.2, 0.25) is 15.9 Å². The van der Waals surface area contributed by atoms with Crippen molar-refractivity contribution in [2.45, 2.75) is 24.9 Å². The molecule has 1 amide bonds. The van der Waals surface area contributed by atoms with Crippen LogP contribution >= 0.6 is 0 Å². The second-order valence-corrected chi connectivity index (χ2v) is 9.45. The number of aryl methyl sites for hydroxylation is 2. The van der Waals surface area contributed by atoms with Gasteiger partial charge in [0.1, 0.15) is 0 Å². The highest BCUT2D eigenvalue weighted by Gasteiger charge is 2.34. The topological polar surface area (TPSA) is 69.7 Å². The number of para-hydroxylation sites is 1. The Labute approximate surface area is 179 Å². The van der Waals surface area contributed by atoms with Crippen LogP contribution in [0, 0.1) is 13.8 Å². The third kappa shape index (κ3) is 5.44. The first-order valence-corrected chi connectivity index (χ1v) is 11.2. The average Bonchev–Trinajstić information content (AvgIpc) is 2.69. The first-order valence-electron chi connectivity index (χ1n) is 9.74. The number of amides is 1. The van der Waals surface area contributed by atoms with Crippen LogP contribution in [0.5, 0.6) is 0 Å². The summed E-state index contributed by atoms with van der Waals surface area (Å²) in [5, 5.41) is 2.31. The molecule has 1 N–H and O–H groups in total. The van der Waals surface area contributed by atoms with E-state index in [9.17, 15) is 26.4 Å². The molecule has 2 aromatic carbocycles. The number of nitrogens with zero attached hydrogens (tertiary/aromatic N) is 2. The van der Waals surface area contributed by atoms with Crippen molar-refractivity contribution < 1.29 is 26.4 Å². The highest BCUT2D eigenvalue weighted by atomic mass is 32.2. The Morgan fingerprint density at radius 2 is 1.68 bits per heavy atom. The van der Waals surface area contributed by atoms with E-state index in [1.54, 1.807) is 24.0 Å². The maximum absolute atomic E-state index is 13.1. The summed E-state index contributed by atoms with van der Waals surface area (Å²) in [7, 11) is -3.66. The Morgan fingerprint density at radius 1 is 1.03 bits per heavy atom. The summed E-state index contributed by atoms with van der Waals surface area (Å²) < 4.78 is 66.6. The van der Waals surface area contributed by atoms with E-state index in [0.29, 0.717) is 18.7 Å². The van der Waals surface area contributed by atoms with Gasteiger partial charge in [0.15, 0.2) is 0 Å². The van der Waals surface area contributed by atoms with Gasteiger partial charge in [-0.25, -0.2) is 8.42 Å². The number of halogens is 3. The summed E-state index contributed by atoms with van der Waals surface area (Å²) in [4.78, 5) is 14.3. The second kappa shape index (κ2) is 8.97. The summed E-state index contributed by atoms with van der Waals surface area (Å²) in [5.74, 6) is -0.581. The highest BCUT2D eigenvalue weighted by molar-refractivity contribution is 7.89. The fraction of sp³-hybridized carbons (Fsp3) is 0.381. The zero-order valence-electron chi connectivity index (χ0n) is 17.2. The molecule has 3 rings (SSSR count). The predicted octanol–water partition coefficient (Wildman–Crippen LogP) is 3.27. The molecule has 2 aromatic rings. The summed E-state index contributed by atoms with van der Waals surface area (Å²) in [6.45, 7) is 4.45. The van der Waals surface area contributed by atoms with Crippen molar-refractivity contribution in [3.05, 3.63) is 59.2 Å². The van der Waals surface area contributed by atoms with Gasteiger partial charge in [0.25, 0.3) is 0 Å². The maximum Gasteiger partial charge on any atom is 0.418 e. The number of rotatable bonds is 5. The van der Waals surface area contributed by atoms with Crippen molar-refractivity contribution in [1.82, 2.24) is 9.21 Å². The number of carbonyl (C=O) groups is 1. The van der Waals surface area contributed by atoms with E-state index in [-0.39, 0.29) is 30.2 Å². The quantitative estimate of drug-likeness (QED) is 0.752. The minimum Gasteiger partial charge on any atom is -0.324 e. The molecule has 0 saturated carbocycles. The van der Waals surface area contributed by atoms with Crippen LogP contribution in [0.15, 0.2) is 47.4 Å². The standard InChI is InChI=1S/C21H24F3N3O3S/c1-15-7-8-16(2)19(13-15)31(29,30)27-11-9-26(10-12-27)14-20(28)25-18-6-4-3-5-17(18)21(22,23)24/h3-8,13H,9-12,14H2,1-2H3,(H,25,28). The van der Waals surface area contributed by atoms with Crippen LogP contribution in [0.2, 0.25) is 0 Å². The van der Waals surface area contributed by atoms with Gasteiger partial charge in [0, 0.05) is 26.2 Å². The molecule has 1 heterocycles. The molecule has 1 aliphatic heterocycles. The van der Waals surface area contributed by atoms with Gasteiger partial charge in [-0.1, -0.05) is 24.3 Å². The lowest BCUT2D eigenvalue weighted by atomic mass is 10.1. The number of hydrogen-bond acceptors (Lipinski definition) is 4. The van der Waals surface area contributed by atoms with E-state index in [1.807, 2.05) is 13.0 Å². The van der Waals surface area contributed by atoms with Gasteiger partial charge in [-0.3, -0.25) is 9.69 Å². The Kier molecular flexibility index (Phi) is 6.73. The van der Waals surface area contributed by atoms with Gasteiger partial charge in [-0.05, 0) is 43.2 Å². The van der Waals surface area contributed by atoms with Crippen LogP contribution in [0.3, 0.4) is 0 Å². The van der Waals surface area contributed by atoms with Crippen LogP contribution in [-0.2, 0) is 21.0 Å². The van der Waals surface area contributed by atoms with E-state index in [4.69, 9.17) is 0 Å². The molecule has 0 radical (unpaired) electrons. The molecule has 0 atom stereocenters. The number of alkyl halides is 3. The van der Waals surface area contributed by atoms with Crippen LogP contribution in [0.1, 0.15) is 16.7 Å². The van der Waals surface area contributed by atoms with Gasteiger partial charge in [-0.2, -0.15) is 17.5 Å². The molecule has 168 valence electrons. The molecular formula is C21H24F3N3O3S. The molecule has 0 spiro atoms. The van der Waals surface area contributed by atoms with Gasteiger partial charge in [-0.15, -0.1) is 0 Å². The molecule has 31 heavy (non-hydrogen) atoms. The minimum absolute atomic E-state index is 0.121. The third-order valence-corrected chi connectivity index (χ3v) is 7.21. The maximum atomic E-state index is 13.1. The Hall–Kier alpha value is -2.43. The summed E-state index contributed by atoms with van der Waals surface area (Å²) in [6.07, 6.45) is -4.57. The largest absolute Gasteiger partial charge is 0.418 e. The van der Waals surface area contributed by atoms with Crippen LogP contribution < -0.4 is 5.32 Å². The fourth-order valence-electron chi connectivity index (χ4n) is 3.48. The third-order valence-electron chi connectivity index (χ3n) is 5.17. The average molecular weight is 456 g/mol. The normalized spacial score (nSPS) is 16.3. The number of sulfonamides is 1. The van der Waals surface area contributed by atoms with Gasteiger partial charge >= 0.3 is 6.18 Å². The number of anilines is 1. The SMILES string of the molecule is Cc1ccc(C)c(S(=O)(=O)N2CCN(CC(=O)Nc3ccccc3C(F)(F)F)CC2)c1. The zero-order valence-corrected chi connectivity index (χ0v) is 18.1. The van der Waals surface area contributed by atoms with Crippen molar-refractivity contribution in [3.63, 3.8) is 0 Å². The van der Waals surface area contributed by atoms with Crippen molar-refractivity contribution in [1.29, 1.82) is 0 Å². The van der Waals surface area contributed by atoms with E-state index in [0.717, 1.165) is 11.6 Å². The van der Waals surface area contributed by atoms with Crippen molar-refractivity contribution >= 4 is 21.6 Å². The van der Waals surface area contributed by atoms with Crippen molar-refractivity contribution in [2.24, 2.45) is 0 Å². The van der Waals surface area contributed by atoms with Gasteiger partial charge in [0.05, 0.1) is 22.7 Å². The summed E-state index contributed by atoms with van der Waals surface area (Å²) in [6, 6.07) is 10.0. The molecule has 1 aliphatic rings. The molecule has 0 bridgehead atoms. The molecule has 10 heteroatoms. The number of carbonyl (C=O) groups excluding carboxylic acids is 1. The first kappa shape index (κ1) is 23.2. The zero-order chi connectivity index (χ0) is 22.8. The molecule has 6 nitrogen and oxygen atoms in total. The van der Waals surface area contributed by atoms with E-state index >= 15 is 0 Å². The van der Waals surface area contributed by atoms with Crippen LogP contribution in [-0.4, -0.2) is 56.3 Å². The minimum atomic E-state index is -4.57. The molecule has 0 unspecified atom stereocenters. The van der Waals surface area contributed by atoms with Crippen LogP contribution in [0.4, 0.5) is 18.9 Å². The lowest BCUT2D eigenvalue weighted by Gasteiger charge is -2.33. The lowest BCUT2D eigenvalue weighted by Crippen LogP contribution is -2.50. The van der Waals surface area contributed by atoms with Crippen molar-refractivity contribution in [3.8, 4) is 0 Å². The smallest absolute Gasteiger partial charge is 0.324 e. The Bertz CT molecular complexity index is 1060. The molecule has 0 aliphatic carbocycles. The summed E-state index contributed by atoms with van der Waals surface area (Å²) in [5.41, 5.74) is 0.304. The van der Waals surface area contributed by atoms with E-state index in [2.05, 4.69) is 5.32 Å². The van der Waals surface area contributed by atoms with Crippen molar-refractivity contribution in [2.75, 3.05) is 38.0 Å². The molecule has 1 saturated heterocycles. The number of piperazine rings is 1. The van der Waals surface area contributed by atoms with Crippen LogP contribution in [0.25, 0.3) is 0 Å². The fourth-order valence-corrected chi connectivity index (χ4v) is 5.22. The molecule has 1 fully saturated rings. The lowest BCUT2D eigenvalue weighted by molar-refractivity contribution is -0.137. The first-order chi connectivity index (χ1) is 14.5. The Balaban J connectivity index is 1.61. The second-order valence-electron chi connectivity index (χ2n) is 7.54. The van der Waals surface area contributed by atoms with Gasteiger partial charge < -0.3 is 5.32 Å². The molecule has 0 aromatic heterocycles. The number of benzene rings is 2. The number of hydrogen-bond donors (Lipinski definition) is 1. The summed E-state index contributed by atoms with van der Waals surface area (Å²) >= 11 is 0. The molecular weight excluding hydrogens is 431 g/mol. The monoisotopic (exact) mass is 455 g/mol. The number of nitrogens with one attached hydrogen (secondary N) is 1.